The largest absolute Gasteiger partial charge is 0.489 e. The van der Waals surface area contributed by atoms with Crippen molar-refractivity contribution in [3.8, 4) is 5.75 Å². The number of rotatable bonds is 5. The molecule has 3 aromatic rings. The maximum Gasteiger partial charge on any atom is 0.256 e. The van der Waals surface area contributed by atoms with Gasteiger partial charge in [-0.2, -0.15) is 0 Å². The van der Waals surface area contributed by atoms with Crippen LogP contribution in [0.25, 0.3) is 0 Å². The summed E-state index contributed by atoms with van der Waals surface area (Å²) < 4.78 is 5.79. The third-order valence-electron chi connectivity index (χ3n) is 3.49. The van der Waals surface area contributed by atoms with E-state index in [-0.39, 0.29) is 5.91 Å². The van der Waals surface area contributed by atoms with Crippen molar-refractivity contribution < 1.29 is 9.53 Å². The number of benzene rings is 2. The zero-order chi connectivity index (χ0) is 16.8. The Morgan fingerprint density at radius 3 is 2.71 bits per heavy atom. The first-order valence-corrected chi connectivity index (χ1v) is 7.71. The second-order valence-electron chi connectivity index (χ2n) is 5.47. The number of anilines is 1. The zero-order valence-electron chi connectivity index (χ0n) is 13.4. The molecule has 0 unspecified atom stereocenters. The maximum atomic E-state index is 12.3. The third-order valence-corrected chi connectivity index (χ3v) is 3.49. The quantitative estimate of drug-likeness (QED) is 0.766. The average molecular weight is 318 g/mol. The van der Waals surface area contributed by atoms with Crippen LogP contribution >= 0.6 is 0 Å². The molecule has 0 radical (unpaired) electrons. The summed E-state index contributed by atoms with van der Waals surface area (Å²) in [7, 11) is 0. The van der Waals surface area contributed by atoms with Crippen LogP contribution in [0, 0.1) is 6.92 Å². The normalized spacial score (nSPS) is 10.2. The first kappa shape index (κ1) is 15.7. The number of carbonyl (C=O) groups excluding carboxylic acids is 1. The van der Waals surface area contributed by atoms with Crippen molar-refractivity contribution in [1.82, 2.24) is 4.98 Å². The molecule has 1 aromatic heterocycles. The van der Waals surface area contributed by atoms with Gasteiger partial charge in [-0.1, -0.05) is 42.0 Å². The predicted octanol–water partition coefficient (Wildman–Crippen LogP) is 4.22. The molecule has 1 heterocycles. The lowest BCUT2D eigenvalue weighted by molar-refractivity contribution is 0.102. The van der Waals surface area contributed by atoms with Crippen LogP contribution in [0.1, 0.15) is 21.5 Å². The Balaban J connectivity index is 1.66. The molecule has 0 aliphatic rings. The average Bonchev–Trinajstić information content (AvgIpc) is 2.61. The highest BCUT2D eigenvalue weighted by Crippen LogP contribution is 2.16. The number of amides is 1. The van der Waals surface area contributed by atoms with Gasteiger partial charge >= 0.3 is 0 Å². The van der Waals surface area contributed by atoms with E-state index in [1.165, 1.54) is 5.56 Å². The Labute approximate surface area is 141 Å². The van der Waals surface area contributed by atoms with Crippen molar-refractivity contribution in [2.24, 2.45) is 0 Å². The predicted molar refractivity (Wildman–Crippen MR) is 94.1 cm³/mol. The van der Waals surface area contributed by atoms with Gasteiger partial charge in [0, 0.05) is 11.8 Å². The van der Waals surface area contributed by atoms with E-state index in [0.717, 1.165) is 5.56 Å². The second kappa shape index (κ2) is 7.42. The van der Waals surface area contributed by atoms with Crippen molar-refractivity contribution >= 4 is 11.7 Å². The number of nitrogens with one attached hydrogen (secondary N) is 1. The fourth-order valence-corrected chi connectivity index (χ4v) is 2.32. The molecule has 4 heteroatoms. The minimum Gasteiger partial charge on any atom is -0.489 e. The molecule has 0 atom stereocenters. The van der Waals surface area contributed by atoms with E-state index in [9.17, 15) is 4.79 Å². The number of pyridine rings is 1. The third kappa shape index (κ3) is 4.20. The van der Waals surface area contributed by atoms with Crippen molar-refractivity contribution in [2.75, 3.05) is 5.32 Å². The summed E-state index contributed by atoms with van der Waals surface area (Å²) in [4.78, 5) is 16.4. The van der Waals surface area contributed by atoms with Gasteiger partial charge in [-0.3, -0.25) is 4.79 Å². The van der Waals surface area contributed by atoms with Crippen LogP contribution in [0.3, 0.4) is 0 Å². The van der Waals surface area contributed by atoms with E-state index in [1.54, 1.807) is 36.5 Å². The number of nitrogens with zero attached hydrogens (tertiary/aromatic N) is 1. The van der Waals surface area contributed by atoms with E-state index in [1.807, 2.05) is 37.3 Å². The standard InChI is InChI=1S/C20H18N2O2/c1-15-6-4-7-16(12-15)14-24-18-9-5-8-17(13-18)20(23)22-19-10-2-3-11-21-19/h2-13H,14H2,1H3,(H,21,22,23). The Bertz CT molecular complexity index is 832. The smallest absolute Gasteiger partial charge is 0.256 e. The van der Waals surface area contributed by atoms with Gasteiger partial charge in [0.1, 0.15) is 18.2 Å². The van der Waals surface area contributed by atoms with E-state index in [0.29, 0.717) is 23.7 Å². The molecule has 0 aliphatic carbocycles. The lowest BCUT2D eigenvalue weighted by Gasteiger charge is -2.09. The summed E-state index contributed by atoms with van der Waals surface area (Å²) >= 11 is 0. The number of hydrogen-bond acceptors (Lipinski definition) is 3. The van der Waals surface area contributed by atoms with Gasteiger partial charge in [0.05, 0.1) is 0 Å². The van der Waals surface area contributed by atoms with E-state index >= 15 is 0 Å². The van der Waals surface area contributed by atoms with Crippen molar-refractivity contribution in [3.05, 3.63) is 89.6 Å². The molecule has 0 bridgehead atoms. The van der Waals surface area contributed by atoms with E-state index in [4.69, 9.17) is 4.74 Å². The Kier molecular flexibility index (Phi) is 4.87. The summed E-state index contributed by atoms with van der Waals surface area (Å²) in [6.07, 6.45) is 1.64. The Morgan fingerprint density at radius 1 is 1.04 bits per heavy atom. The van der Waals surface area contributed by atoms with Crippen LogP contribution in [0.4, 0.5) is 5.82 Å². The lowest BCUT2D eigenvalue weighted by atomic mass is 10.1. The topological polar surface area (TPSA) is 51.2 Å². The van der Waals surface area contributed by atoms with Gasteiger partial charge in [0.2, 0.25) is 0 Å². The minimum absolute atomic E-state index is 0.213. The monoisotopic (exact) mass is 318 g/mol. The number of carbonyl (C=O) groups is 1. The van der Waals surface area contributed by atoms with Gasteiger partial charge in [-0.15, -0.1) is 0 Å². The highest BCUT2D eigenvalue weighted by atomic mass is 16.5. The van der Waals surface area contributed by atoms with Crippen LogP contribution in [0.15, 0.2) is 72.9 Å². The van der Waals surface area contributed by atoms with Crippen molar-refractivity contribution in [3.63, 3.8) is 0 Å². The van der Waals surface area contributed by atoms with Gasteiger partial charge in [-0.05, 0) is 42.8 Å². The van der Waals surface area contributed by atoms with Crippen LogP contribution < -0.4 is 10.1 Å². The minimum atomic E-state index is -0.213. The first-order valence-electron chi connectivity index (χ1n) is 7.71. The highest BCUT2D eigenvalue weighted by Gasteiger charge is 2.08. The van der Waals surface area contributed by atoms with Gasteiger partial charge in [0.25, 0.3) is 5.91 Å². The molecular formula is C20H18N2O2. The van der Waals surface area contributed by atoms with Crippen LogP contribution in [-0.4, -0.2) is 10.9 Å². The SMILES string of the molecule is Cc1cccc(COc2cccc(C(=O)Nc3ccccn3)c2)c1. The van der Waals surface area contributed by atoms with Gasteiger partial charge < -0.3 is 10.1 Å². The molecule has 24 heavy (non-hydrogen) atoms. The molecule has 1 amide bonds. The fraction of sp³-hybridized carbons (Fsp3) is 0.100. The number of aromatic nitrogens is 1. The second-order valence-corrected chi connectivity index (χ2v) is 5.47. The fourth-order valence-electron chi connectivity index (χ4n) is 2.32. The van der Waals surface area contributed by atoms with Crippen molar-refractivity contribution in [1.29, 1.82) is 0 Å². The van der Waals surface area contributed by atoms with Crippen LogP contribution in [0.2, 0.25) is 0 Å². The molecular weight excluding hydrogens is 300 g/mol. The van der Waals surface area contributed by atoms with Gasteiger partial charge in [-0.25, -0.2) is 4.98 Å². The molecule has 0 spiro atoms. The molecule has 1 N–H and O–H groups in total. The highest BCUT2D eigenvalue weighted by molar-refractivity contribution is 6.03. The van der Waals surface area contributed by atoms with Crippen LogP contribution in [0.5, 0.6) is 5.75 Å². The molecule has 4 nitrogen and oxygen atoms in total. The molecule has 2 aromatic carbocycles. The lowest BCUT2D eigenvalue weighted by Crippen LogP contribution is -2.12. The molecule has 0 aliphatic heterocycles. The van der Waals surface area contributed by atoms with Crippen LogP contribution in [-0.2, 0) is 6.61 Å². The molecule has 0 saturated carbocycles. The Hall–Kier alpha value is -3.14. The summed E-state index contributed by atoms with van der Waals surface area (Å²) in [6.45, 7) is 2.51. The molecule has 3 rings (SSSR count). The number of ether oxygens (including phenoxy) is 1. The summed E-state index contributed by atoms with van der Waals surface area (Å²) in [6, 6.07) is 20.6. The van der Waals surface area contributed by atoms with Crippen molar-refractivity contribution in [2.45, 2.75) is 13.5 Å². The molecule has 0 fully saturated rings. The summed E-state index contributed by atoms with van der Waals surface area (Å²) in [5.74, 6) is 0.966. The Morgan fingerprint density at radius 2 is 1.92 bits per heavy atom. The van der Waals surface area contributed by atoms with Gasteiger partial charge in [0.15, 0.2) is 0 Å². The number of hydrogen-bond donors (Lipinski definition) is 1. The first-order chi connectivity index (χ1) is 11.7. The molecule has 120 valence electrons. The van der Waals surface area contributed by atoms with E-state index in [2.05, 4.69) is 16.4 Å². The van der Waals surface area contributed by atoms with E-state index < -0.39 is 0 Å². The maximum absolute atomic E-state index is 12.3. The number of aryl methyl sites for hydroxylation is 1. The molecule has 0 saturated heterocycles. The zero-order valence-corrected chi connectivity index (χ0v) is 13.4. The summed E-state index contributed by atoms with van der Waals surface area (Å²) in [5.41, 5.74) is 2.82. The summed E-state index contributed by atoms with van der Waals surface area (Å²) in [5, 5.41) is 2.76.